The Hall–Kier alpha value is -2.40. The van der Waals surface area contributed by atoms with Gasteiger partial charge in [-0.3, -0.25) is 9.36 Å². The molecule has 4 nitrogen and oxygen atoms in total. The van der Waals surface area contributed by atoms with Gasteiger partial charge in [-0.15, -0.1) is 17.9 Å². The van der Waals surface area contributed by atoms with Gasteiger partial charge >= 0.3 is 5.69 Å². The predicted molar refractivity (Wildman–Crippen MR) is 86.6 cm³/mol. The Morgan fingerprint density at radius 3 is 2.62 bits per heavy atom. The molecule has 0 unspecified atom stereocenters. The molecule has 106 valence electrons. The quantitative estimate of drug-likeness (QED) is 0.698. The summed E-state index contributed by atoms with van der Waals surface area (Å²) in [5, 5.41) is 0.572. The summed E-state index contributed by atoms with van der Waals surface area (Å²) in [5.74, 6) is 0. The highest BCUT2D eigenvalue weighted by Gasteiger charge is 2.15. The number of aryl methyl sites for hydroxylation is 1. The van der Waals surface area contributed by atoms with Gasteiger partial charge in [-0.25, -0.2) is 9.36 Å². The largest absolute Gasteiger partial charge is 0.337 e. The van der Waals surface area contributed by atoms with E-state index in [1.54, 1.807) is 22.8 Å². The van der Waals surface area contributed by atoms with Gasteiger partial charge in [0.15, 0.2) is 0 Å². The number of allylic oxidation sites excluding steroid dienone is 1. The SMILES string of the molecule is C=CCn1c(=O)n(-c2ccccc2)c(=O)c2cc(C)sc21. The van der Waals surface area contributed by atoms with E-state index in [1.807, 2.05) is 31.2 Å². The van der Waals surface area contributed by atoms with Gasteiger partial charge < -0.3 is 0 Å². The van der Waals surface area contributed by atoms with E-state index < -0.39 is 0 Å². The number of benzene rings is 1. The summed E-state index contributed by atoms with van der Waals surface area (Å²) in [7, 11) is 0. The molecule has 0 saturated heterocycles. The zero-order valence-corrected chi connectivity index (χ0v) is 12.4. The number of para-hydroxylation sites is 1. The molecule has 0 aliphatic heterocycles. The Labute approximate surface area is 125 Å². The molecule has 0 aliphatic rings. The lowest BCUT2D eigenvalue weighted by molar-refractivity contribution is 0.733. The van der Waals surface area contributed by atoms with Crippen molar-refractivity contribution in [2.45, 2.75) is 13.5 Å². The minimum Gasteiger partial charge on any atom is -0.280 e. The minimum absolute atomic E-state index is 0.272. The third-order valence-electron chi connectivity index (χ3n) is 3.26. The zero-order valence-electron chi connectivity index (χ0n) is 11.6. The first-order chi connectivity index (χ1) is 10.1. The summed E-state index contributed by atoms with van der Waals surface area (Å²) in [4.78, 5) is 27.0. The topological polar surface area (TPSA) is 44.0 Å². The van der Waals surface area contributed by atoms with Crippen molar-refractivity contribution >= 4 is 21.6 Å². The second kappa shape index (κ2) is 5.18. The van der Waals surface area contributed by atoms with Gasteiger partial charge in [-0.05, 0) is 25.1 Å². The molecular formula is C16H14N2O2S. The first-order valence-corrected chi connectivity index (χ1v) is 7.37. The lowest BCUT2D eigenvalue weighted by Crippen LogP contribution is -2.38. The molecule has 0 atom stereocenters. The Kier molecular flexibility index (Phi) is 3.35. The molecule has 2 aromatic heterocycles. The molecular weight excluding hydrogens is 284 g/mol. The maximum atomic E-state index is 12.7. The van der Waals surface area contributed by atoms with Gasteiger partial charge in [0.25, 0.3) is 5.56 Å². The Morgan fingerprint density at radius 2 is 1.95 bits per heavy atom. The van der Waals surface area contributed by atoms with Crippen LogP contribution in [-0.4, -0.2) is 9.13 Å². The number of thiophene rings is 1. The standard InChI is InChI=1S/C16H14N2O2S/c1-3-9-17-15-13(10-11(2)21-15)14(19)18(16(17)20)12-7-5-4-6-8-12/h3-8,10H,1,9H2,2H3. The van der Waals surface area contributed by atoms with E-state index in [2.05, 4.69) is 6.58 Å². The molecule has 0 amide bonds. The van der Waals surface area contributed by atoms with Crippen LogP contribution in [0.2, 0.25) is 0 Å². The highest BCUT2D eigenvalue weighted by Crippen LogP contribution is 2.21. The van der Waals surface area contributed by atoms with E-state index in [-0.39, 0.29) is 11.2 Å². The predicted octanol–water partition coefficient (Wildman–Crippen LogP) is 2.71. The van der Waals surface area contributed by atoms with Crippen molar-refractivity contribution in [3.63, 3.8) is 0 Å². The van der Waals surface area contributed by atoms with Crippen LogP contribution >= 0.6 is 11.3 Å². The fourth-order valence-corrected chi connectivity index (χ4v) is 3.37. The van der Waals surface area contributed by atoms with Gasteiger partial charge in [0, 0.05) is 11.4 Å². The normalized spacial score (nSPS) is 10.9. The molecule has 1 aromatic carbocycles. The summed E-state index contributed by atoms with van der Waals surface area (Å²) in [6, 6.07) is 10.8. The highest BCUT2D eigenvalue weighted by molar-refractivity contribution is 7.18. The number of hydrogen-bond acceptors (Lipinski definition) is 3. The molecule has 5 heteroatoms. The minimum atomic E-state index is -0.333. The molecule has 0 saturated carbocycles. The molecule has 3 rings (SSSR count). The van der Waals surface area contributed by atoms with Gasteiger partial charge in [-0.2, -0.15) is 0 Å². The summed E-state index contributed by atoms with van der Waals surface area (Å²) in [6.45, 7) is 6.00. The average molecular weight is 298 g/mol. The van der Waals surface area contributed by atoms with Gasteiger partial charge in [0.05, 0.1) is 11.1 Å². The van der Waals surface area contributed by atoms with Crippen LogP contribution < -0.4 is 11.2 Å². The number of hydrogen-bond donors (Lipinski definition) is 0. The molecule has 0 bridgehead atoms. The number of nitrogens with zero attached hydrogens (tertiary/aromatic N) is 2. The van der Waals surface area contributed by atoms with Crippen LogP contribution in [0.25, 0.3) is 15.9 Å². The molecule has 0 aliphatic carbocycles. The lowest BCUT2D eigenvalue weighted by atomic mass is 10.3. The Balaban J connectivity index is 2.48. The maximum absolute atomic E-state index is 12.7. The fourth-order valence-electron chi connectivity index (χ4n) is 2.37. The third kappa shape index (κ3) is 2.15. The first kappa shape index (κ1) is 13.6. The Bertz CT molecular complexity index is 933. The van der Waals surface area contributed by atoms with E-state index in [9.17, 15) is 9.59 Å². The van der Waals surface area contributed by atoms with E-state index in [1.165, 1.54) is 15.9 Å². The van der Waals surface area contributed by atoms with Crippen LogP contribution in [-0.2, 0) is 6.54 Å². The maximum Gasteiger partial charge on any atom is 0.337 e. The summed E-state index contributed by atoms with van der Waals surface area (Å²) in [6.07, 6.45) is 1.66. The third-order valence-corrected chi connectivity index (χ3v) is 4.34. The van der Waals surface area contributed by atoms with E-state index in [0.29, 0.717) is 22.4 Å². The monoisotopic (exact) mass is 298 g/mol. The van der Waals surface area contributed by atoms with Crippen LogP contribution in [0.5, 0.6) is 0 Å². The summed E-state index contributed by atoms with van der Waals surface area (Å²) >= 11 is 1.45. The fraction of sp³-hybridized carbons (Fsp3) is 0.125. The molecule has 0 radical (unpaired) electrons. The van der Waals surface area contributed by atoms with Crippen molar-refractivity contribution in [2.75, 3.05) is 0 Å². The van der Waals surface area contributed by atoms with Crippen LogP contribution in [0, 0.1) is 6.92 Å². The lowest BCUT2D eigenvalue weighted by Gasteiger charge is -2.10. The first-order valence-electron chi connectivity index (χ1n) is 6.56. The molecule has 2 heterocycles. The average Bonchev–Trinajstić information content (AvgIpc) is 2.87. The van der Waals surface area contributed by atoms with Crippen LogP contribution in [0.1, 0.15) is 4.88 Å². The van der Waals surface area contributed by atoms with E-state index in [0.717, 1.165) is 4.88 Å². The van der Waals surface area contributed by atoms with Crippen LogP contribution in [0.3, 0.4) is 0 Å². The van der Waals surface area contributed by atoms with Crippen molar-refractivity contribution in [3.8, 4) is 5.69 Å². The molecule has 0 N–H and O–H groups in total. The van der Waals surface area contributed by atoms with Gasteiger partial charge in [0.2, 0.25) is 0 Å². The number of fused-ring (bicyclic) bond motifs is 1. The number of aromatic nitrogens is 2. The second-order valence-corrected chi connectivity index (χ2v) is 5.97. The zero-order chi connectivity index (χ0) is 15.0. The smallest absolute Gasteiger partial charge is 0.280 e. The van der Waals surface area contributed by atoms with Gasteiger partial charge in [-0.1, -0.05) is 24.3 Å². The summed E-state index contributed by atoms with van der Waals surface area (Å²) < 4.78 is 2.81. The van der Waals surface area contributed by atoms with Gasteiger partial charge in [0.1, 0.15) is 4.83 Å². The summed E-state index contributed by atoms with van der Waals surface area (Å²) in [5.41, 5.74) is -0.0256. The van der Waals surface area contributed by atoms with Crippen molar-refractivity contribution in [1.82, 2.24) is 9.13 Å². The molecule has 3 aromatic rings. The van der Waals surface area contributed by atoms with Crippen molar-refractivity contribution in [3.05, 3.63) is 74.8 Å². The van der Waals surface area contributed by atoms with E-state index in [4.69, 9.17) is 0 Å². The van der Waals surface area contributed by atoms with Crippen molar-refractivity contribution in [2.24, 2.45) is 0 Å². The van der Waals surface area contributed by atoms with E-state index >= 15 is 0 Å². The number of rotatable bonds is 3. The van der Waals surface area contributed by atoms with Crippen molar-refractivity contribution < 1.29 is 0 Å². The van der Waals surface area contributed by atoms with Crippen LogP contribution in [0.15, 0.2) is 58.6 Å². The second-order valence-electron chi connectivity index (χ2n) is 4.73. The van der Waals surface area contributed by atoms with Crippen LogP contribution in [0.4, 0.5) is 0 Å². The Morgan fingerprint density at radius 1 is 1.24 bits per heavy atom. The molecule has 21 heavy (non-hydrogen) atoms. The van der Waals surface area contributed by atoms with Crippen molar-refractivity contribution in [1.29, 1.82) is 0 Å². The molecule has 0 spiro atoms. The molecule has 0 fully saturated rings. The highest BCUT2D eigenvalue weighted by atomic mass is 32.1.